The van der Waals surface area contributed by atoms with Crippen LogP contribution in [0.3, 0.4) is 0 Å². The van der Waals surface area contributed by atoms with Crippen molar-refractivity contribution in [2.45, 2.75) is 25.0 Å². The van der Waals surface area contributed by atoms with Crippen molar-refractivity contribution in [3.8, 4) is 0 Å². The molecule has 2 N–H and O–H groups in total. The van der Waals surface area contributed by atoms with Crippen LogP contribution in [-0.2, 0) is 0 Å². The second-order valence-electron chi connectivity index (χ2n) is 4.34. The van der Waals surface area contributed by atoms with Gasteiger partial charge in [0.25, 0.3) is 5.91 Å². The van der Waals surface area contributed by atoms with Crippen molar-refractivity contribution in [1.29, 1.82) is 0 Å². The van der Waals surface area contributed by atoms with E-state index in [0.717, 1.165) is 0 Å². The minimum absolute atomic E-state index is 0.300. The lowest BCUT2D eigenvalue weighted by molar-refractivity contribution is -0.387. The van der Waals surface area contributed by atoms with Crippen LogP contribution in [0, 0.1) is 21.7 Å². The van der Waals surface area contributed by atoms with Gasteiger partial charge in [0, 0.05) is 18.2 Å². The number of hydrogen-bond donors (Lipinski definition) is 2. The van der Waals surface area contributed by atoms with Gasteiger partial charge in [0.05, 0.1) is 16.6 Å². The molecular weight excluding hydrogens is 262 g/mol. The van der Waals surface area contributed by atoms with Gasteiger partial charge in [-0.2, -0.15) is 4.39 Å². The van der Waals surface area contributed by atoms with E-state index in [9.17, 15) is 23.7 Å². The molecular formula is C11H10F2N2O4. The van der Waals surface area contributed by atoms with Gasteiger partial charge in [-0.1, -0.05) is 0 Å². The minimum Gasteiger partial charge on any atom is -0.393 e. The lowest BCUT2D eigenvalue weighted by Crippen LogP contribution is -2.46. The van der Waals surface area contributed by atoms with Gasteiger partial charge in [0.15, 0.2) is 0 Å². The number of halogens is 2. The van der Waals surface area contributed by atoms with Gasteiger partial charge in [-0.05, 0) is 12.8 Å². The first-order valence-corrected chi connectivity index (χ1v) is 5.51. The summed E-state index contributed by atoms with van der Waals surface area (Å²) in [6.07, 6.45) is 0.186. The molecule has 1 aliphatic carbocycles. The molecule has 1 amide bonds. The van der Waals surface area contributed by atoms with Crippen molar-refractivity contribution in [2.24, 2.45) is 0 Å². The van der Waals surface area contributed by atoms with E-state index in [1.165, 1.54) is 0 Å². The average Bonchev–Trinajstić information content (AvgIpc) is 2.26. The Bertz CT molecular complexity index is 544. The molecule has 0 radical (unpaired) electrons. The third-order valence-electron chi connectivity index (χ3n) is 2.93. The second kappa shape index (κ2) is 4.88. The Morgan fingerprint density at radius 3 is 2.53 bits per heavy atom. The van der Waals surface area contributed by atoms with Gasteiger partial charge < -0.3 is 10.4 Å². The summed E-state index contributed by atoms with van der Waals surface area (Å²) in [5.74, 6) is -3.36. The number of carbonyl (C=O) groups excluding carboxylic acids is 1. The van der Waals surface area contributed by atoms with Crippen LogP contribution < -0.4 is 5.32 Å². The van der Waals surface area contributed by atoms with Gasteiger partial charge in [0.1, 0.15) is 5.82 Å². The lowest BCUT2D eigenvalue weighted by atomic mass is 9.89. The first-order valence-electron chi connectivity index (χ1n) is 5.51. The molecule has 0 heterocycles. The van der Waals surface area contributed by atoms with Crippen molar-refractivity contribution in [3.63, 3.8) is 0 Å². The molecule has 102 valence electrons. The summed E-state index contributed by atoms with van der Waals surface area (Å²) in [5, 5.41) is 22.0. The molecule has 1 aromatic carbocycles. The predicted molar refractivity (Wildman–Crippen MR) is 59.5 cm³/mol. The molecule has 6 nitrogen and oxygen atoms in total. The first-order chi connectivity index (χ1) is 8.88. The molecule has 0 atom stereocenters. The van der Waals surface area contributed by atoms with E-state index in [2.05, 4.69) is 5.32 Å². The normalized spacial score (nSPS) is 21.6. The zero-order valence-corrected chi connectivity index (χ0v) is 9.60. The zero-order valence-electron chi connectivity index (χ0n) is 9.60. The number of carbonyl (C=O) groups is 1. The molecule has 0 aliphatic heterocycles. The van der Waals surface area contributed by atoms with Crippen LogP contribution in [0.25, 0.3) is 0 Å². The van der Waals surface area contributed by atoms with Crippen LogP contribution in [0.1, 0.15) is 23.2 Å². The molecule has 2 rings (SSSR count). The van der Waals surface area contributed by atoms with Gasteiger partial charge in [-0.25, -0.2) is 4.39 Å². The maximum Gasteiger partial charge on any atom is 0.305 e. The number of nitro groups is 1. The number of nitrogens with one attached hydrogen (secondary N) is 1. The number of aliphatic hydroxyl groups is 1. The quantitative estimate of drug-likeness (QED) is 0.637. The van der Waals surface area contributed by atoms with E-state index in [0.29, 0.717) is 25.0 Å². The standard InChI is InChI=1S/C11H10F2N2O4/c12-8-4-9(13)10(15(18)19)3-7(8)11(17)14-5-1-6(16)2-5/h3-6,16H,1-2H2,(H,14,17). The molecule has 0 bridgehead atoms. The fourth-order valence-corrected chi connectivity index (χ4v) is 1.82. The number of rotatable bonds is 3. The number of benzene rings is 1. The van der Waals surface area contributed by atoms with E-state index >= 15 is 0 Å². The summed E-state index contributed by atoms with van der Waals surface area (Å²) in [6.45, 7) is 0. The summed E-state index contributed by atoms with van der Waals surface area (Å²) in [4.78, 5) is 21.2. The smallest absolute Gasteiger partial charge is 0.305 e. The highest BCUT2D eigenvalue weighted by Gasteiger charge is 2.30. The number of hydrogen-bond acceptors (Lipinski definition) is 4. The highest BCUT2D eigenvalue weighted by atomic mass is 19.1. The Labute approximate surface area is 106 Å². The molecule has 0 saturated heterocycles. The molecule has 1 saturated carbocycles. The van der Waals surface area contributed by atoms with Crippen molar-refractivity contribution < 1.29 is 23.6 Å². The van der Waals surface area contributed by atoms with Crippen LogP contribution >= 0.6 is 0 Å². The van der Waals surface area contributed by atoms with Crippen LogP contribution in [0.15, 0.2) is 12.1 Å². The highest BCUT2D eigenvalue weighted by molar-refractivity contribution is 5.95. The fraction of sp³-hybridized carbons (Fsp3) is 0.364. The monoisotopic (exact) mass is 272 g/mol. The Kier molecular flexibility index (Phi) is 3.43. The van der Waals surface area contributed by atoms with Gasteiger partial charge >= 0.3 is 5.69 Å². The fourth-order valence-electron chi connectivity index (χ4n) is 1.82. The van der Waals surface area contributed by atoms with E-state index < -0.39 is 39.8 Å². The SMILES string of the molecule is O=C(NC1CC(O)C1)c1cc([N+](=O)[O-])c(F)cc1F. The maximum atomic E-state index is 13.4. The predicted octanol–water partition coefficient (Wildman–Crippen LogP) is 1.13. The van der Waals surface area contributed by atoms with Crippen LogP contribution in [0.4, 0.5) is 14.5 Å². The van der Waals surface area contributed by atoms with Crippen LogP contribution in [0.5, 0.6) is 0 Å². The van der Waals surface area contributed by atoms with E-state index in [4.69, 9.17) is 5.11 Å². The summed E-state index contributed by atoms with van der Waals surface area (Å²) < 4.78 is 26.5. The van der Waals surface area contributed by atoms with E-state index in [1.54, 1.807) is 0 Å². The molecule has 8 heteroatoms. The summed E-state index contributed by atoms with van der Waals surface area (Å²) in [5.41, 5.74) is -1.55. The molecule has 19 heavy (non-hydrogen) atoms. The van der Waals surface area contributed by atoms with Crippen molar-refractivity contribution in [1.82, 2.24) is 5.32 Å². The van der Waals surface area contributed by atoms with Gasteiger partial charge in [-0.3, -0.25) is 14.9 Å². The number of nitrogens with zero attached hydrogens (tertiary/aromatic N) is 1. The molecule has 0 aromatic heterocycles. The molecule has 0 unspecified atom stereocenters. The topological polar surface area (TPSA) is 92.5 Å². The minimum atomic E-state index is -1.34. The third-order valence-corrected chi connectivity index (χ3v) is 2.93. The summed E-state index contributed by atoms with van der Waals surface area (Å²) in [6, 6.07) is 0.573. The number of amides is 1. The molecule has 1 aromatic rings. The Morgan fingerprint density at radius 1 is 1.37 bits per heavy atom. The maximum absolute atomic E-state index is 13.4. The number of nitro benzene ring substituents is 1. The molecule has 0 spiro atoms. The molecule has 1 aliphatic rings. The van der Waals surface area contributed by atoms with E-state index in [-0.39, 0.29) is 6.04 Å². The van der Waals surface area contributed by atoms with Gasteiger partial charge in [-0.15, -0.1) is 0 Å². The van der Waals surface area contributed by atoms with Crippen LogP contribution in [-0.4, -0.2) is 28.1 Å². The van der Waals surface area contributed by atoms with Crippen molar-refractivity contribution in [3.05, 3.63) is 39.4 Å². The summed E-state index contributed by atoms with van der Waals surface area (Å²) >= 11 is 0. The van der Waals surface area contributed by atoms with E-state index in [1.807, 2.05) is 0 Å². The second-order valence-corrected chi connectivity index (χ2v) is 4.34. The highest BCUT2D eigenvalue weighted by Crippen LogP contribution is 2.23. The van der Waals surface area contributed by atoms with Gasteiger partial charge in [0.2, 0.25) is 5.82 Å². The van der Waals surface area contributed by atoms with Crippen molar-refractivity contribution in [2.75, 3.05) is 0 Å². The third kappa shape index (κ3) is 2.68. The Hall–Kier alpha value is -2.09. The molecule has 1 fully saturated rings. The summed E-state index contributed by atoms with van der Waals surface area (Å²) in [7, 11) is 0. The first kappa shape index (κ1) is 13.3. The average molecular weight is 272 g/mol. The largest absolute Gasteiger partial charge is 0.393 e. The Morgan fingerprint density at radius 2 is 2.00 bits per heavy atom. The lowest BCUT2D eigenvalue weighted by Gasteiger charge is -2.31. The number of aliphatic hydroxyl groups excluding tert-OH is 1. The van der Waals surface area contributed by atoms with Crippen LogP contribution in [0.2, 0.25) is 0 Å². The van der Waals surface area contributed by atoms with Crippen molar-refractivity contribution >= 4 is 11.6 Å². The Balaban J connectivity index is 2.21. The zero-order chi connectivity index (χ0) is 14.2.